The van der Waals surface area contributed by atoms with Crippen molar-refractivity contribution >= 4 is 60.3 Å². The van der Waals surface area contributed by atoms with E-state index in [1.165, 1.54) is 30.3 Å². The summed E-state index contributed by atoms with van der Waals surface area (Å²) in [5, 5.41) is 9.84. The lowest BCUT2D eigenvalue weighted by Gasteiger charge is -2.24. The van der Waals surface area contributed by atoms with Gasteiger partial charge in [0.05, 0.1) is 22.4 Å². The van der Waals surface area contributed by atoms with Gasteiger partial charge in [0.15, 0.2) is 5.84 Å². The first-order chi connectivity index (χ1) is 17.9. The van der Waals surface area contributed by atoms with Crippen molar-refractivity contribution < 1.29 is 21.2 Å². The highest BCUT2D eigenvalue weighted by Crippen LogP contribution is 2.37. The Morgan fingerprint density at radius 2 is 1.61 bits per heavy atom. The van der Waals surface area contributed by atoms with Crippen LogP contribution in [0.2, 0.25) is 10.0 Å². The predicted octanol–water partition coefficient (Wildman–Crippen LogP) is 4.86. The number of halogens is 3. The summed E-state index contributed by atoms with van der Waals surface area (Å²) in [7, 11) is -7.59. The van der Waals surface area contributed by atoms with Crippen LogP contribution >= 0.6 is 23.2 Å². The fourth-order valence-electron chi connectivity index (χ4n) is 3.79. The number of amidine groups is 1. The van der Waals surface area contributed by atoms with Gasteiger partial charge in [0.25, 0.3) is 10.0 Å². The molecule has 13 heteroatoms. The van der Waals surface area contributed by atoms with E-state index in [-0.39, 0.29) is 35.2 Å². The van der Waals surface area contributed by atoms with Crippen molar-refractivity contribution in [2.24, 2.45) is 9.50 Å². The lowest BCUT2D eigenvalue weighted by molar-refractivity contribution is 0.579. The van der Waals surface area contributed by atoms with Crippen molar-refractivity contribution in [1.82, 2.24) is 5.32 Å². The zero-order valence-electron chi connectivity index (χ0n) is 20.1. The number of hydrogen-bond acceptors (Lipinski definition) is 6. The SMILES string of the molecule is CS(=O)(=O)CCN/C(=N\S(=O)(=O)c1ccc(Cl)cc1)C1=NN(c2ccc(Cl)cc2)[C@@H](c2ccccc2F)C1. The number of nitrogens with zero attached hydrogens (tertiary/aromatic N) is 3. The van der Waals surface area contributed by atoms with E-state index in [9.17, 15) is 21.2 Å². The van der Waals surface area contributed by atoms with Gasteiger partial charge in [0.1, 0.15) is 21.4 Å². The molecule has 0 bridgehead atoms. The monoisotopic (exact) mass is 596 g/mol. The molecule has 0 aliphatic carbocycles. The summed E-state index contributed by atoms with van der Waals surface area (Å²) in [6, 6.07) is 17.8. The van der Waals surface area contributed by atoms with Crippen LogP contribution in [0.3, 0.4) is 0 Å². The Morgan fingerprint density at radius 3 is 2.21 bits per heavy atom. The van der Waals surface area contributed by atoms with Crippen molar-refractivity contribution in [3.05, 3.63) is 94.2 Å². The average molecular weight is 598 g/mol. The molecule has 200 valence electrons. The third kappa shape index (κ3) is 6.90. The standard InChI is InChI=1S/C25H23Cl2FN4O4S2/c1-37(33,34)15-14-29-25(31-38(35,36)20-12-8-18(27)9-13-20)23-16-24(21-4-2-3-5-22(21)28)32(30-23)19-10-6-17(26)7-11-19/h2-13,24H,14-16H2,1H3,(H,29,31)/t24-/m1/s1. The molecular formula is C25H23Cl2FN4O4S2. The van der Waals surface area contributed by atoms with Gasteiger partial charge >= 0.3 is 0 Å². The highest BCUT2D eigenvalue weighted by atomic mass is 35.5. The van der Waals surface area contributed by atoms with Gasteiger partial charge in [0, 0.05) is 34.8 Å². The maximum absolute atomic E-state index is 14.9. The normalized spacial score (nSPS) is 16.4. The zero-order chi connectivity index (χ0) is 27.5. The van der Waals surface area contributed by atoms with Gasteiger partial charge in [0.2, 0.25) is 0 Å². The summed E-state index contributed by atoms with van der Waals surface area (Å²) in [4.78, 5) is -0.108. The van der Waals surface area contributed by atoms with Gasteiger partial charge < -0.3 is 5.32 Å². The van der Waals surface area contributed by atoms with Crippen molar-refractivity contribution in [3.8, 4) is 0 Å². The van der Waals surface area contributed by atoms with Gasteiger partial charge in [-0.15, -0.1) is 4.40 Å². The zero-order valence-corrected chi connectivity index (χ0v) is 23.2. The molecule has 0 radical (unpaired) electrons. The van der Waals surface area contributed by atoms with Crippen LogP contribution in [0.1, 0.15) is 18.0 Å². The smallest absolute Gasteiger partial charge is 0.284 e. The molecule has 1 aliphatic rings. The Kier molecular flexibility index (Phi) is 8.41. The molecule has 8 nitrogen and oxygen atoms in total. The first-order valence-electron chi connectivity index (χ1n) is 11.3. The lowest BCUT2D eigenvalue weighted by atomic mass is 10.0. The molecule has 4 rings (SSSR count). The Morgan fingerprint density at radius 1 is 1.00 bits per heavy atom. The highest BCUT2D eigenvalue weighted by molar-refractivity contribution is 7.90. The molecule has 0 fully saturated rings. The number of hydrazone groups is 1. The third-order valence-electron chi connectivity index (χ3n) is 5.63. The van der Waals surface area contributed by atoms with Crippen LogP contribution in [-0.4, -0.2) is 46.9 Å². The second-order valence-electron chi connectivity index (χ2n) is 8.53. The van der Waals surface area contributed by atoms with Crippen LogP contribution in [0.15, 0.2) is 87.2 Å². The van der Waals surface area contributed by atoms with E-state index in [0.29, 0.717) is 21.3 Å². The molecule has 1 aliphatic heterocycles. The number of rotatable bonds is 8. The second kappa shape index (κ2) is 11.4. The minimum absolute atomic E-state index is 0.0877. The van der Waals surface area contributed by atoms with Crippen molar-refractivity contribution in [1.29, 1.82) is 0 Å². The summed E-state index contributed by atoms with van der Waals surface area (Å²) in [6.07, 6.45) is 1.16. The molecule has 3 aromatic carbocycles. The van der Waals surface area contributed by atoms with Gasteiger partial charge in [-0.25, -0.2) is 12.8 Å². The number of sulfonamides is 1. The van der Waals surface area contributed by atoms with Gasteiger partial charge in [-0.3, -0.25) is 5.01 Å². The second-order valence-corrected chi connectivity index (χ2v) is 13.3. The minimum atomic E-state index is -4.23. The molecule has 0 aromatic heterocycles. The molecule has 0 spiro atoms. The van der Waals surface area contributed by atoms with Crippen LogP contribution in [0, 0.1) is 5.82 Å². The van der Waals surface area contributed by atoms with E-state index in [1.807, 2.05) is 0 Å². The van der Waals surface area contributed by atoms with Crippen molar-refractivity contribution in [2.75, 3.05) is 23.6 Å². The topological polar surface area (TPSA) is 108 Å². The summed E-state index contributed by atoms with van der Waals surface area (Å²) in [5.41, 5.74) is 1.14. The van der Waals surface area contributed by atoms with Crippen LogP contribution < -0.4 is 10.3 Å². The van der Waals surface area contributed by atoms with Crippen molar-refractivity contribution in [2.45, 2.75) is 17.4 Å². The van der Waals surface area contributed by atoms with Gasteiger partial charge in [-0.1, -0.05) is 41.4 Å². The molecule has 0 amide bonds. The van der Waals surface area contributed by atoms with E-state index in [1.54, 1.807) is 47.5 Å². The first-order valence-corrected chi connectivity index (χ1v) is 15.6. The van der Waals surface area contributed by atoms with E-state index >= 15 is 0 Å². The number of nitrogens with one attached hydrogen (secondary N) is 1. The molecule has 0 saturated heterocycles. The minimum Gasteiger partial charge on any atom is -0.367 e. The van der Waals surface area contributed by atoms with Crippen LogP contribution in [-0.2, 0) is 19.9 Å². The van der Waals surface area contributed by atoms with Crippen LogP contribution in [0.4, 0.5) is 10.1 Å². The van der Waals surface area contributed by atoms with E-state index in [4.69, 9.17) is 23.2 Å². The van der Waals surface area contributed by atoms with Crippen molar-refractivity contribution in [3.63, 3.8) is 0 Å². The molecule has 0 saturated carbocycles. The van der Waals surface area contributed by atoms with E-state index < -0.39 is 31.7 Å². The highest BCUT2D eigenvalue weighted by Gasteiger charge is 2.34. The van der Waals surface area contributed by atoms with Gasteiger partial charge in [-0.2, -0.15) is 13.5 Å². The molecule has 38 heavy (non-hydrogen) atoms. The average Bonchev–Trinajstić information content (AvgIpc) is 3.29. The van der Waals surface area contributed by atoms with Crippen LogP contribution in [0.5, 0.6) is 0 Å². The number of hydrogen-bond donors (Lipinski definition) is 1. The Labute approximate surface area is 230 Å². The molecular weight excluding hydrogens is 574 g/mol. The maximum atomic E-state index is 14.9. The van der Waals surface area contributed by atoms with E-state index in [0.717, 1.165) is 6.26 Å². The number of benzene rings is 3. The Bertz CT molecular complexity index is 1600. The fraction of sp³-hybridized carbons (Fsp3) is 0.200. The number of anilines is 1. The summed E-state index contributed by atoms with van der Waals surface area (Å²) in [6.45, 7) is -0.113. The van der Waals surface area contributed by atoms with Gasteiger partial charge in [-0.05, 0) is 54.6 Å². The number of sulfone groups is 1. The molecule has 1 atom stereocenters. The summed E-state index contributed by atoms with van der Waals surface area (Å²) < 4.78 is 68.5. The molecule has 0 unspecified atom stereocenters. The Hall–Kier alpha value is -2.99. The third-order valence-corrected chi connectivity index (χ3v) is 8.37. The summed E-state index contributed by atoms with van der Waals surface area (Å²) in [5.74, 6) is -0.857. The molecule has 1 N–H and O–H groups in total. The van der Waals surface area contributed by atoms with E-state index in [2.05, 4.69) is 14.8 Å². The van der Waals surface area contributed by atoms with Crippen LogP contribution in [0.25, 0.3) is 0 Å². The summed E-state index contributed by atoms with van der Waals surface area (Å²) >= 11 is 11.9. The largest absolute Gasteiger partial charge is 0.367 e. The quantitative estimate of drug-likeness (QED) is 0.294. The maximum Gasteiger partial charge on any atom is 0.284 e. The predicted molar refractivity (Wildman–Crippen MR) is 149 cm³/mol. The fourth-order valence-corrected chi connectivity index (χ4v) is 5.51. The molecule has 3 aromatic rings. The Balaban J connectivity index is 1.79. The molecule has 1 heterocycles. The first kappa shape index (κ1) is 28.0. The lowest BCUT2D eigenvalue weighted by Crippen LogP contribution is -2.35.